The number of aryl methyl sites for hydroxylation is 1. The van der Waals surface area contributed by atoms with Crippen LogP contribution in [0.15, 0.2) is 42.5 Å². The van der Waals surface area contributed by atoms with Gasteiger partial charge in [-0.1, -0.05) is 51.1 Å². The van der Waals surface area contributed by atoms with Gasteiger partial charge in [-0.2, -0.15) is 0 Å². The van der Waals surface area contributed by atoms with Crippen molar-refractivity contribution in [3.05, 3.63) is 53.6 Å². The van der Waals surface area contributed by atoms with Gasteiger partial charge in [0.05, 0.1) is 0 Å². The van der Waals surface area contributed by atoms with Crippen molar-refractivity contribution < 1.29 is 0 Å². The van der Waals surface area contributed by atoms with E-state index in [2.05, 4.69) is 51.1 Å². The van der Waals surface area contributed by atoms with Gasteiger partial charge in [-0.15, -0.1) is 0 Å². The van der Waals surface area contributed by atoms with Gasteiger partial charge >= 0.3 is 0 Å². The van der Waals surface area contributed by atoms with Crippen molar-refractivity contribution in [1.29, 1.82) is 0 Å². The molecule has 2 aromatic carbocycles. The molecule has 0 aliphatic rings. The largest absolute Gasteiger partial charge is 0.399 e. The van der Waals surface area contributed by atoms with Crippen LogP contribution in [0.3, 0.4) is 0 Å². The average molecular weight is 239 g/mol. The lowest BCUT2D eigenvalue weighted by Gasteiger charge is -2.13. The average Bonchev–Trinajstić information content (AvgIpc) is 2.38. The van der Waals surface area contributed by atoms with E-state index >= 15 is 0 Å². The lowest BCUT2D eigenvalue weighted by molar-refractivity contribution is 0.865. The van der Waals surface area contributed by atoms with Crippen molar-refractivity contribution in [2.45, 2.75) is 33.1 Å². The van der Waals surface area contributed by atoms with Crippen LogP contribution in [0.4, 0.5) is 5.69 Å². The second kappa shape index (κ2) is 5.26. The Balaban J connectivity index is 2.56. The van der Waals surface area contributed by atoms with Gasteiger partial charge in [0.2, 0.25) is 0 Å². The van der Waals surface area contributed by atoms with Crippen molar-refractivity contribution in [3.8, 4) is 11.1 Å². The minimum Gasteiger partial charge on any atom is -0.399 e. The van der Waals surface area contributed by atoms with Crippen LogP contribution in [-0.2, 0) is 6.42 Å². The first-order valence-corrected chi connectivity index (χ1v) is 6.60. The summed E-state index contributed by atoms with van der Waals surface area (Å²) < 4.78 is 0. The van der Waals surface area contributed by atoms with Crippen molar-refractivity contribution >= 4 is 5.69 Å². The summed E-state index contributed by atoms with van der Waals surface area (Å²) in [5.74, 6) is 0.552. The second-order valence-electron chi connectivity index (χ2n) is 5.05. The summed E-state index contributed by atoms with van der Waals surface area (Å²) in [5, 5.41) is 0. The van der Waals surface area contributed by atoms with Crippen LogP contribution in [0.25, 0.3) is 11.1 Å². The third-order valence-electron chi connectivity index (χ3n) is 3.38. The number of benzene rings is 2. The zero-order valence-corrected chi connectivity index (χ0v) is 11.4. The monoisotopic (exact) mass is 239 g/mol. The molecule has 0 spiro atoms. The summed E-state index contributed by atoms with van der Waals surface area (Å²) in [6.45, 7) is 6.65. The molecule has 0 aliphatic heterocycles. The van der Waals surface area contributed by atoms with Crippen LogP contribution in [0.2, 0.25) is 0 Å². The molecule has 0 unspecified atom stereocenters. The number of hydrogen-bond acceptors (Lipinski definition) is 1. The van der Waals surface area contributed by atoms with E-state index in [1.807, 2.05) is 12.1 Å². The molecule has 2 N–H and O–H groups in total. The normalized spacial score (nSPS) is 10.9. The highest BCUT2D eigenvalue weighted by atomic mass is 14.5. The third-order valence-corrected chi connectivity index (χ3v) is 3.38. The predicted molar refractivity (Wildman–Crippen MR) is 79.8 cm³/mol. The van der Waals surface area contributed by atoms with E-state index in [-0.39, 0.29) is 0 Å². The molecule has 0 fully saturated rings. The second-order valence-corrected chi connectivity index (χ2v) is 5.05. The van der Waals surface area contributed by atoms with Crippen LogP contribution in [0.1, 0.15) is 37.8 Å². The number of nitrogens with two attached hydrogens (primary N) is 1. The zero-order chi connectivity index (χ0) is 13.1. The highest BCUT2D eigenvalue weighted by Gasteiger charge is 2.07. The van der Waals surface area contributed by atoms with Crippen LogP contribution in [0.5, 0.6) is 0 Å². The Hall–Kier alpha value is -1.76. The minimum absolute atomic E-state index is 0.552. The van der Waals surface area contributed by atoms with Gasteiger partial charge in [0.1, 0.15) is 0 Å². The van der Waals surface area contributed by atoms with E-state index in [1.54, 1.807) is 0 Å². The van der Waals surface area contributed by atoms with Crippen molar-refractivity contribution in [1.82, 2.24) is 0 Å². The molecule has 0 radical (unpaired) electrons. The first kappa shape index (κ1) is 12.7. The highest BCUT2D eigenvalue weighted by Crippen LogP contribution is 2.29. The Labute approximate surface area is 110 Å². The lowest BCUT2D eigenvalue weighted by Crippen LogP contribution is -1.94. The van der Waals surface area contributed by atoms with Crippen molar-refractivity contribution in [2.24, 2.45) is 0 Å². The Morgan fingerprint density at radius 3 is 2.44 bits per heavy atom. The highest BCUT2D eigenvalue weighted by molar-refractivity contribution is 5.71. The summed E-state index contributed by atoms with van der Waals surface area (Å²) in [5.41, 5.74) is 12.0. The van der Waals surface area contributed by atoms with Crippen molar-refractivity contribution in [3.63, 3.8) is 0 Å². The number of anilines is 1. The van der Waals surface area contributed by atoms with Gasteiger partial charge in [-0.3, -0.25) is 0 Å². The molecule has 0 heterocycles. The fourth-order valence-corrected chi connectivity index (χ4v) is 2.24. The Bertz CT molecular complexity index is 541. The maximum absolute atomic E-state index is 5.89. The summed E-state index contributed by atoms with van der Waals surface area (Å²) in [7, 11) is 0. The molecule has 0 bridgehead atoms. The lowest BCUT2D eigenvalue weighted by atomic mass is 9.92. The number of hydrogen-bond donors (Lipinski definition) is 1. The van der Waals surface area contributed by atoms with E-state index in [0.29, 0.717) is 5.92 Å². The summed E-state index contributed by atoms with van der Waals surface area (Å²) in [6, 6.07) is 14.9. The fraction of sp³-hybridized carbons (Fsp3) is 0.294. The Kier molecular flexibility index (Phi) is 3.71. The van der Waals surface area contributed by atoms with Crippen molar-refractivity contribution in [2.75, 3.05) is 5.73 Å². The molecular weight excluding hydrogens is 218 g/mol. The van der Waals surface area contributed by atoms with Gasteiger partial charge in [-0.25, -0.2) is 0 Å². The molecule has 18 heavy (non-hydrogen) atoms. The minimum atomic E-state index is 0.552. The Morgan fingerprint density at radius 2 is 1.83 bits per heavy atom. The summed E-state index contributed by atoms with van der Waals surface area (Å²) in [4.78, 5) is 0. The molecule has 2 rings (SSSR count). The van der Waals surface area contributed by atoms with Gasteiger partial charge < -0.3 is 5.73 Å². The molecule has 0 amide bonds. The van der Waals surface area contributed by atoms with E-state index in [1.165, 1.54) is 22.3 Å². The van der Waals surface area contributed by atoms with Gasteiger partial charge in [0.25, 0.3) is 0 Å². The fourth-order valence-electron chi connectivity index (χ4n) is 2.24. The molecule has 0 saturated carbocycles. The Morgan fingerprint density at radius 1 is 1.06 bits per heavy atom. The van der Waals surface area contributed by atoms with E-state index < -0.39 is 0 Å². The molecular formula is C17H21N. The molecule has 0 aliphatic carbocycles. The topological polar surface area (TPSA) is 26.0 Å². The van der Waals surface area contributed by atoms with E-state index in [0.717, 1.165) is 12.1 Å². The molecule has 1 nitrogen and oxygen atoms in total. The number of nitrogen functional groups attached to an aromatic ring is 1. The third kappa shape index (κ3) is 2.56. The van der Waals surface area contributed by atoms with Gasteiger partial charge in [0.15, 0.2) is 0 Å². The van der Waals surface area contributed by atoms with Gasteiger partial charge in [0, 0.05) is 5.69 Å². The molecule has 1 heteroatoms. The first-order chi connectivity index (χ1) is 8.61. The summed E-state index contributed by atoms with van der Waals surface area (Å²) in [6.07, 6.45) is 1.04. The maximum atomic E-state index is 5.89. The summed E-state index contributed by atoms with van der Waals surface area (Å²) >= 11 is 0. The molecule has 94 valence electrons. The number of rotatable bonds is 3. The van der Waals surface area contributed by atoms with Crippen LogP contribution in [-0.4, -0.2) is 0 Å². The van der Waals surface area contributed by atoms with Crippen LogP contribution < -0.4 is 5.73 Å². The smallest absolute Gasteiger partial charge is 0.0320 e. The zero-order valence-electron chi connectivity index (χ0n) is 11.4. The SMILES string of the molecule is CCc1ccc(C(C)C)cc1-c1cccc(N)c1. The van der Waals surface area contributed by atoms with E-state index in [4.69, 9.17) is 5.73 Å². The van der Waals surface area contributed by atoms with Gasteiger partial charge in [-0.05, 0) is 46.7 Å². The van der Waals surface area contributed by atoms with Crippen LogP contribution >= 0.6 is 0 Å². The standard InChI is InChI=1S/C17H21N/c1-4-13-8-9-14(12(2)3)11-17(13)15-6-5-7-16(18)10-15/h5-12H,4,18H2,1-3H3. The predicted octanol–water partition coefficient (Wildman–Crippen LogP) is 4.62. The molecule has 2 aromatic rings. The molecule has 0 saturated heterocycles. The van der Waals surface area contributed by atoms with E-state index in [9.17, 15) is 0 Å². The quantitative estimate of drug-likeness (QED) is 0.777. The maximum Gasteiger partial charge on any atom is 0.0320 e. The van der Waals surface area contributed by atoms with Crippen LogP contribution in [0, 0.1) is 0 Å². The molecule has 0 atom stereocenters. The molecule has 0 aromatic heterocycles. The first-order valence-electron chi connectivity index (χ1n) is 6.60.